The van der Waals surface area contributed by atoms with Gasteiger partial charge in [0, 0.05) is 37.4 Å². The first-order valence-electron chi connectivity index (χ1n) is 5.75. The van der Waals surface area contributed by atoms with Gasteiger partial charge in [0.25, 0.3) is 5.91 Å². The summed E-state index contributed by atoms with van der Waals surface area (Å²) in [6, 6.07) is 3.27. The summed E-state index contributed by atoms with van der Waals surface area (Å²) in [4.78, 5) is 22.3. The summed E-state index contributed by atoms with van der Waals surface area (Å²) in [5, 5.41) is 0. The molecule has 18 heavy (non-hydrogen) atoms. The zero-order valence-corrected chi connectivity index (χ0v) is 9.78. The predicted octanol–water partition coefficient (Wildman–Crippen LogP) is 0.516. The molecule has 0 bridgehead atoms. The van der Waals surface area contributed by atoms with Gasteiger partial charge in [0.1, 0.15) is 11.5 Å². The average Bonchev–Trinajstić information content (AvgIpc) is 2.85. The van der Waals surface area contributed by atoms with Gasteiger partial charge >= 0.3 is 0 Å². The van der Waals surface area contributed by atoms with Gasteiger partial charge in [-0.25, -0.2) is 4.98 Å². The Labute approximate surface area is 104 Å². The van der Waals surface area contributed by atoms with Crippen molar-refractivity contribution in [1.29, 1.82) is 0 Å². The lowest BCUT2D eigenvalue weighted by Gasteiger charge is -2.27. The van der Waals surface area contributed by atoms with Crippen molar-refractivity contribution in [3.05, 3.63) is 42.2 Å². The molecule has 2 N–H and O–H groups in total. The maximum Gasteiger partial charge on any atom is 0.272 e. The highest BCUT2D eigenvalue weighted by Crippen LogP contribution is 2.14. The van der Waals surface area contributed by atoms with Crippen LogP contribution in [0.1, 0.15) is 16.3 Å². The Balaban J connectivity index is 1.83. The highest BCUT2D eigenvalue weighted by Gasteiger charge is 2.22. The lowest BCUT2D eigenvalue weighted by atomic mass is 10.2. The van der Waals surface area contributed by atoms with E-state index in [4.69, 9.17) is 5.73 Å². The van der Waals surface area contributed by atoms with Crippen molar-refractivity contribution in [2.45, 2.75) is 13.1 Å². The molecule has 0 saturated carbocycles. The summed E-state index contributed by atoms with van der Waals surface area (Å²) in [5.74, 6) is 0.801. The molecule has 2 aromatic rings. The van der Waals surface area contributed by atoms with E-state index in [1.54, 1.807) is 29.4 Å². The van der Waals surface area contributed by atoms with Crippen molar-refractivity contribution in [2.24, 2.45) is 0 Å². The van der Waals surface area contributed by atoms with Crippen LogP contribution in [0.5, 0.6) is 0 Å². The number of nitrogens with two attached hydrogens (primary N) is 1. The molecule has 1 aliphatic heterocycles. The largest absolute Gasteiger partial charge is 0.399 e. The molecule has 2 aromatic heterocycles. The first-order valence-corrected chi connectivity index (χ1v) is 5.75. The molecule has 0 unspecified atom stereocenters. The van der Waals surface area contributed by atoms with Gasteiger partial charge in [0.2, 0.25) is 0 Å². The number of pyridine rings is 1. The molecular formula is C12H13N5O. The van der Waals surface area contributed by atoms with Crippen LogP contribution in [-0.2, 0) is 13.1 Å². The molecule has 1 amide bonds. The second-order valence-corrected chi connectivity index (χ2v) is 4.24. The van der Waals surface area contributed by atoms with E-state index in [0.29, 0.717) is 24.5 Å². The predicted molar refractivity (Wildman–Crippen MR) is 65.6 cm³/mol. The van der Waals surface area contributed by atoms with E-state index < -0.39 is 0 Å². The number of fused-ring (bicyclic) bond motifs is 1. The SMILES string of the molecule is Nc1ccnc(C(=O)N2CCn3ccnc3C2)c1. The van der Waals surface area contributed by atoms with Gasteiger partial charge in [-0.3, -0.25) is 9.78 Å². The maximum atomic E-state index is 12.3. The van der Waals surface area contributed by atoms with Crippen molar-refractivity contribution in [3.63, 3.8) is 0 Å². The summed E-state index contributed by atoms with van der Waals surface area (Å²) in [6.07, 6.45) is 5.23. The fourth-order valence-electron chi connectivity index (χ4n) is 2.07. The van der Waals surface area contributed by atoms with E-state index in [1.807, 2.05) is 6.20 Å². The minimum atomic E-state index is -0.100. The van der Waals surface area contributed by atoms with Crippen LogP contribution in [0.4, 0.5) is 5.69 Å². The fourth-order valence-corrected chi connectivity index (χ4v) is 2.07. The minimum absolute atomic E-state index is 0.100. The Morgan fingerprint density at radius 2 is 2.17 bits per heavy atom. The van der Waals surface area contributed by atoms with Crippen LogP contribution in [0.3, 0.4) is 0 Å². The van der Waals surface area contributed by atoms with E-state index in [9.17, 15) is 4.79 Å². The van der Waals surface area contributed by atoms with Crippen molar-refractivity contribution in [2.75, 3.05) is 12.3 Å². The Kier molecular flexibility index (Phi) is 2.47. The molecule has 0 spiro atoms. The molecule has 92 valence electrons. The highest BCUT2D eigenvalue weighted by atomic mass is 16.2. The van der Waals surface area contributed by atoms with Gasteiger partial charge in [0.15, 0.2) is 0 Å². The zero-order valence-electron chi connectivity index (χ0n) is 9.78. The third-order valence-corrected chi connectivity index (χ3v) is 3.04. The Morgan fingerprint density at radius 3 is 3.00 bits per heavy atom. The average molecular weight is 243 g/mol. The van der Waals surface area contributed by atoms with Crippen LogP contribution in [0, 0.1) is 0 Å². The third kappa shape index (κ3) is 1.81. The number of hydrogen-bond acceptors (Lipinski definition) is 4. The van der Waals surface area contributed by atoms with Crippen LogP contribution in [-0.4, -0.2) is 31.9 Å². The van der Waals surface area contributed by atoms with Crippen LogP contribution in [0.15, 0.2) is 30.7 Å². The summed E-state index contributed by atoms with van der Waals surface area (Å²) >= 11 is 0. The van der Waals surface area contributed by atoms with E-state index in [-0.39, 0.29) is 5.91 Å². The molecule has 0 fully saturated rings. The zero-order chi connectivity index (χ0) is 12.5. The van der Waals surface area contributed by atoms with E-state index in [1.165, 1.54) is 0 Å². The van der Waals surface area contributed by atoms with Crippen LogP contribution in [0.25, 0.3) is 0 Å². The number of nitrogens with zero attached hydrogens (tertiary/aromatic N) is 4. The third-order valence-electron chi connectivity index (χ3n) is 3.04. The minimum Gasteiger partial charge on any atom is -0.399 e. The van der Waals surface area contributed by atoms with Crippen molar-refractivity contribution < 1.29 is 4.79 Å². The van der Waals surface area contributed by atoms with Gasteiger partial charge in [-0.05, 0) is 12.1 Å². The van der Waals surface area contributed by atoms with Crippen molar-refractivity contribution in [3.8, 4) is 0 Å². The molecule has 3 heterocycles. The van der Waals surface area contributed by atoms with Crippen LogP contribution in [0.2, 0.25) is 0 Å². The van der Waals surface area contributed by atoms with Gasteiger partial charge in [-0.1, -0.05) is 0 Å². The quantitative estimate of drug-likeness (QED) is 0.792. The molecule has 0 saturated heterocycles. The fraction of sp³-hybridized carbons (Fsp3) is 0.250. The smallest absolute Gasteiger partial charge is 0.272 e. The molecule has 6 nitrogen and oxygen atoms in total. The number of nitrogen functional groups attached to an aromatic ring is 1. The number of carbonyl (C=O) groups excluding carboxylic acids is 1. The van der Waals surface area contributed by atoms with Gasteiger partial charge in [0.05, 0.1) is 6.54 Å². The van der Waals surface area contributed by atoms with Crippen LogP contribution < -0.4 is 5.73 Å². The summed E-state index contributed by atoms with van der Waals surface area (Å²) in [5.41, 5.74) is 6.59. The summed E-state index contributed by atoms with van der Waals surface area (Å²) in [7, 11) is 0. The molecule has 3 rings (SSSR count). The monoisotopic (exact) mass is 243 g/mol. The number of anilines is 1. The number of imidazole rings is 1. The number of rotatable bonds is 1. The number of aromatic nitrogens is 3. The number of amides is 1. The van der Waals surface area contributed by atoms with E-state index in [0.717, 1.165) is 12.4 Å². The Morgan fingerprint density at radius 1 is 1.28 bits per heavy atom. The van der Waals surface area contributed by atoms with Gasteiger partial charge in [-0.15, -0.1) is 0 Å². The van der Waals surface area contributed by atoms with Crippen molar-refractivity contribution in [1.82, 2.24) is 19.4 Å². The standard InChI is InChI=1S/C12H13N5O/c13-9-1-2-14-10(7-9)12(18)17-6-5-16-4-3-15-11(16)8-17/h1-4,7H,5-6,8H2,(H2,13,14). The molecular weight excluding hydrogens is 230 g/mol. The van der Waals surface area contributed by atoms with Crippen molar-refractivity contribution >= 4 is 11.6 Å². The first kappa shape index (κ1) is 10.8. The van der Waals surface area contributed by atoms with Gasteiger partial charge in [-0.2, -0.15) is 0 Å². The Bertz CT molecular complexity index is 592. The molecule has 0 atom stereocenters. The molecule has 0 aromatic carbocycles. The summed E-state index contributed by atoms with van der Waals surface area (Å²) < 4.78 is 2.05. The molecule has 1 aliphatic rings. The van der Waals surface area contributed by atoms with Gasteiger partial charge < -0.3 is 15.2 Å². The Hall–Kier alpha value is -2.37. The molecule has 0 aliphatic carbocycles. The maximum absolute atomic E-state index is 12.3. The van der Waals surface area contributed by atoms with E-state index in [2.05, 4.69) is 14.5 Å². The second kappa shape index (κ2) is 4.14. The number of carbonyl (C=O) groups is 1. The van der Waals surface area contributed by atoms with Crippen LogP contribution >= 0.6 is 0 Å². The topological polar surface area (TPSA) is 77.0 Å². The summed E-state index contributed by atoms with van der Waals surface area (Å²) in [6.45, 7) is 1.95. The molecule has 6 heteroatoms. The number of hydrogen-bond donors (Lipinski definition) is 1. The lowest BCUT2D eigenvalue weighted by Crippen LogP contribution is -2.38. The lowest BCUT2D eigenvalue weighted by molar-refractivity contribution is 0.0701. The highest BCUT2D eigenvalue weighted by molar-refractivity contribution is 5.93. The second-order valence-electron chi connectivity index (χ2n) is 4.24. The molecule has 0 radical (unpaired) electrons. The normalized spacial score (nSPS) is 14.3. The first-order chi connectivity index (χ1) is 8.74. The van der Waals surface area contributed by atoms with E-state index >= 15 is 0 Å².